The van der Waals surface area contributed by atoms with Crippen LogP contribution in [0.4, 0.5) is 8.78 Å². The molecule has 5 rings (SSSR count). The molecule has 0 bridgehead atoms. The zero-order valence-electron chi connectivity index (χ0n) is 20.9. The highest BCUT2D eigenvalue weighted by atomic mass is 19.1. The molecule has 0 radical (unpaired) electrons. The van der Waals surface area contributed by atoms with E-state index in [0.29, 0.717) is 31.4 Å². The van der Waals surface area contributed by atoms with Gasteiger partial charge in [-0.2, -0.15) is 0 Å². The fraction of sp³-hybridized carbons (Fsp3) is 0.815. The number of ketones is 1. The molecule has 4 aliphatic carbocycles. The second-order valence-electron chi connectivity index (χ2n) is 11.6. The number of carbonyl (C=O) groups excluding carboxylic acids is 1. The molecule has 0 aromatic rings. The minimum atomic E-state index is -1.99. The number of Topliss-reactive ketones (excluding diaryl/α,β-unsaturated/α-hetero) is 1. The molecule has 5 nitrogen and oxygen atoms in total. The Balaban J connectivity index is 1.62. The first-order valence-electron chi connectivity index (χ1n) is 12.9. The van der Waals surface area contributed by atoms with Gasteiger partial charge in [0.15, 0.2) is 5.78 Å². The van der Waals surface area contributed by atoms with Gasteiger partial charge in [-0.25, -0.2) is 8.78 Å². The van der Waals surface area contributed by atoms with Crippen molar-refractivity contribution in [2.45, 2.75) is 96.2 Å². The Morgan fingerprint density at radius 2 is 1.97 bits per heavy atom. The number of halogens is 2. The van der Waals surface area contributed by atoms with Crippen molar-refractivity contribution in [3.8, 4) is 0 Å². The SMILES string of the molecule is CCOC1(CC)OCC(=O)[C@@]2(O1)[C@@H](C)C[C@H]1[C@@H]3C[C@H](F)C4=CC=CC[C@]4(C)[C@@]3(F)[C@@H](O)C[C@@]12C. The number of hydrogen-bond donors (Lipinski definition) is 1. The molecule has 190 valence electrons. The summed E-state index contributed by atoms with van der Waals surface area (Å²) in [6.07, 6.45) is 4.02. The van der Waals surface area contributed by atoms with Gasteiger partial charge in [-0.1, -0.05) is 45.9 Å². The van der Waals surface area contributed by atoms with Crippen LogP contribution in [0.2, 0.25) is 0 Å². The number of rotatable bonds is 3. The molecule has 1 saturated heterocycles. The number of aliphatic hydroxyl groups excluding tert-OH is 1. The van der Waals surface area contributed by atoms with Crippen LogP contribution in [-0.2, 0) is 19.0 Å². The van der Waals surface area contributed by atoms with E-state index in [2.05, 4.69) is 0 Å². The van der Waals surface area contributed by atoms with Crippen molar-refractivity contribution in [1.29, 1.82) is 0 Å². The Kier molecular flexibility index (Phi) is 5.54. The van der Waals surface area contributed by atoms with E-state index in [-0.39, 0.29) is 37.1 Å². The third-order valence-corrected chi connectivity index (χ3v) is 10.3. The number of alkyl halides is 2. The molecule has 1 N–H and O–H groups in total. The average molecular weight is 481 g/mol. The van der Waals surface area contributed by atoms with Crippen LogP contribution in [0.3, 0.4) is 0 Å². The molecule has 0 aromatic carbocycles. The predicted molar refractivity (Wildman–Crippen MR) is 122 cm³/mol. The molecule has 5 aliphatic rings. The van der Waals surface area contributed by atoms with E-state index in [4.69, 9.17) is 14.2 Å². The van der Waals surface area contributed by atoms with Crippen LogP contribution in [0.25, 0.3) is 0 Å². The highest BCUT2D eigenvalue weighted by Crippen LogP contribution is 2.72. The predicted octanol–water partition coefficient (Wildman–Crippen LogP) is 4.83. The third kappa shape index (κ3) is 2.70. The second-order valence-corrected chi connectivity index (χ2v) is 11.6. The van der Waals surface area contributed by atoms with Gasteiger partial charge in [0.05, 0.1) is 6.10 Å². The number of aliphatic hydroxyl groups is 1. The molecule has 4 fully saturated rings. The van der Waals surface area contributed by atoms with Gasteiger partial charge in [0, 0.05) is 29.8 Å². The summed E-state index contributed by atoms with van der Waals surface area (Å²) >= 11 is 0. The van der Waals surface area contributed by atoms with Crippen LogP contribution < -0.4 is 0 Å². The molecule has 1 heterocycles. The van der Waals surface area contributed by atoms with E-state index in [0.717, 1.165) is 0 Å². The number of hydrogen-bond acceptors (Lipinski definition) is 5. The topological polar surface area (TPSA) is 65.0 Å². The lowest BCUT2D eigenvalue weighted by Gasteiger charge is -2.64. The van der Waals surface area contributed by atoms with Crippen LogP contribution in [0, 0.1) is 28.6 Å². The van der Waals surface area contributed by atoms with Crippen LogP contribution in [0.15, 0.2) is 23.8 Å². The van der Waals surface area contributed by atoms with Gasteiger partial charge in [-0.3, -0.25) is 4.79 Å². The van der Waals surface area contributed by atoms with Crippen molar-refractivity contribution in [2.75, 3.05) is 13.2 Å². The van der Waals surface area contributed by atoms with E-state index in [1.165, 1.54) is 0 Å². The van der Waals surface area contributed by atoms with Gasteiger partial charge in [-0.05, 0) is 50.0 Å². The molecular weight excluding hydrogens is 442 g/mol. The van der Waals surface area contributed by atoms with E-state index < -0.39 is 46.3 Å². The van der Waals surface area contributed by atoms with Gasteiger partial charge in [0.2, 0.25) is 0 Å². The Morgan fingerprint density at radius 3 is 2.65 bits per heavy atom. The summed E-state index contributed by atoms with van der Waals surface area (Å²) in [6.45, 7) is 9.54. The van der Waals surface area contributed by atoms with Crippen molar-refractivity contribution < 1.29 is 32.9 Å². The lowest BCUT2D eigenvalue weighted by atomic mass is 9.44. The van der Waals surface area contributed by atoms with Crippen molar-refractivity contribution >= 4 is 5.78 Å². The smallest absolute Gasteiger partial charge is 0.284 e. The van der Waals surface area contributed by atoms with Gasteiger partial charge in [0.1, 0.15) is 24.0 Å². The molecule has 3 saturated carbocycles. The van der Waals surface area contributed by atoms with Crippen molar-refractivity contribution in [3.05, 3.63) is 23.8 Å². The third-order valence-electron chi connectivity index (χ3n) is 10.3. The summed E-state index contributed by atoms with van der Waals surface area (Å²) in [5.41, 5.74) is -4.84. The van der Waals surface area contributed by atoms with Crippen molar-refractivity contribution in [2.24, 2.45) is 28.6 Å². The van der Waals surface area contributed by atoms with Gasteiger partial charge in [0.25, 0.3) is 5.97 Å². The normalized spacial score (nSPS) is 54.4. The lowest BCUT2D eigenvalue weighted by molar-refractivity contribution is -0.435. The summed E-state index contributed by atoms with van der Waals surface area (Å²) in [6, 6.07) is 0. The van der Waals surface area contributed by atoms with Crippen molar-refractivity contribution in [1.82, 2.24) is 0 Å². The minimum absolute atomic E-state index is 0.000944. The summed E-state index contributed by atoms with van der Waals surface area (Å²) in [4.78, 5) is 13.6. The van der Waals surface area contributed by atoms with Crippen LogP contribution in [0.1, 0.15) is 66.7 Å². The first kappa shape index (κ1) is 24.5. The highest BCUT2D eigenvalue weighted by molar-refractivity contribution is 5.91. The number of ether oxygens (including phenoxy) is 3. The number of allylic oxidation sites excluding steroid dienone is 4. The maximum absolute atomic E-state index is 17.4. The summed E-state index contributed by atoms with van der Waals surface area (Å²) < 4.78 is 51.2. The average Bonchev–Trinajstić information content (AvgIpc) is 3.00. The quantitative estimate of drug-likeness (QED) is 0.627. The zero-order valence-corrected chi connectivity index (χ0v) is 20.9. The van der Waals surface area contributed by atoms with Gasteiger partial charge >= 0.3 is 0 Å². The Bertz CT molecular complexity index is 936. The van der Waals surface area contributed by atoms with Gasteiger partial charge in [-0.15, -0.1) is 0 Å². The first-order chi connectivity index (χ1) is 16.0. The number of fused-ring (bicyclic) bond motifs is 6. The van der Waals surface area contributed by atoms with Crippen LogP contribution in [0.5, 0.6) is 0 Å². The monoisotopic (exact) mass is 480 g/mol. The second kappa shape index (κ2) is 7.67. The van der Waals surface area contributed by atoms with Crippen molar-refractivity contribution in [3.63, 3.8) is 0 Å². The van der Waals surface area contributed by atoms with Crippen LogP contribution in [-0.4, -0.2) is 53.6 Å². The molecule has 1 spiro atoms. The fourth-order valence-electron chi connectivity index (χ4n) is 8.71. The maximum atomic E-state index is 17.4. The Labute approximate surface area is 200 Å². The fourth-order valence-corrected chi connectivity index (χ4v) is 8.71. The molecule has 34 heavy (non-hydrogen) atoms. The zero-order chi connectivity index (χ0) is 24.7. The van der Waals surface area contributed by atoms with Gasteiger partial charge < -0.3 is 19.3 Å². The molecular formula is C27H38F2O5. The maximum Gasteiger partial charge on any atom is 0.284 e. The lowest BCUT2D eigenvalue weighted by Crippen LogP contribution is -2.73. The summed E-state index contributed by atoms with van der Waals surface area (Å²) in [5.74, 6) is -2.87. The van der Waals surface area contributed by atoms with Crippen LogP contribution >= 0.6 is 0 Å². The molecule has 7 heteroatoms. The molecule has 1 aliphatic heterocycles. The summed E-state index contributed by atoms with van der Waals surface area (Å²) in [7, 11) is 0. The van der Waals surface area contributed by atoms with E-state index in [1.54, 1.807) is 19.1 Å². The van der Waals surface area contributed by atoms with E-state index in [9.17, 15) is 9.90 Å². The van der Waals surface area contributed by atoms with E-state index in [1.807, 2.05) is 33.8 Å². The van der Waals surface area contributed by atoms with E-state index >= 15 is 8.78 Å². The first-order valence-corrected chi connectivity index (χ1v) is 12.9. The Morgan fingerprint density at radius 1 is 1.24 bits per heavy atom. The summed E-state index contributed by atoms with van der Waals surface area (Å²) in [5, 5.41) is 11.6. The highest BCUT2D eigenvalue weighted by Gasteiger charge is 2.78. The Hall–Kier alpha value is -1.15. The largest absolute Gasteiger partial charge is 0.390 e. The molecule has 0 amide bonds. The number of carbonyl (C=O) groups is 1. The molecule has 1 unspecified atom stereocenters. The minimum Gasteiger partial charge on any atom is -0.390 e. The molecule has 10 atom stereocenters. The molecule has 0 aromatic heterocycles. The standard InChI is InChI=1S/C27H38F2O5/c1-6-25(32-7-2)33-15-22(31)27(34-25)16(3)12-18-19-13-20(28)17-10-8-9-11-23(17,4)26(19,29)21(30)14-24(18,27)5/h8-10,16,18-21,30H,6-7,11-15H2,1-5H3/t16-,18-,19-,20-,21-,23-,24-,25?,26-,27-/m0/s1.